The molecule has 1 aromatic carbocycles. The van der Waals surface area contributed by atoms with Gasteiger partial charge >= 0.3 is 0 Å². The van der Waals surface area contributed by atoms with Crippen molar-refractivity contribution < 1.29 is 4.79 Å². The van der Waals surface area contributed by atoms with E-state index in [9.17, 15) is 4.79 Å². The third kappa shape index (κ3) is 8.52. The smallest absolute Gasteiger partial charge is 0.226 e. The molecule has 0 spiro atoms. The van der Waals surface area contributed by atoms with E-state index in [1.54, 1.807) is 0 Å². The third-order valence-electron chi connectivity index (χ3n) is 3.51. The first kappa shape index (κ1) is 22.7. The molecule has 0 aliphatic heterocycles. The molecule has 0 aliphatic rings. The van der Waals surface area contributed by atoms with Gasteiger partial charge < -0.3 is 16.0 Å². The highest BCUT2D eigenvalue weighted by Crippen LogP contribution is 2.11. The van der Waals surface area contributed by atoms with Gasteiger partial charge in [0.25, 0.3) is 0 Å². The first-order chi connectivity index (χ1) is 11.0. The van der Waals surface area contributed by atoms with Gasteiger partial charge in [-0.05, 0) is 38.0 Å². The van der Waals surface area contributed by atoms with Crippen molar-refractivity contribution in [1.29, 1.82) is 0 Å². The number of halogens is 1. The molecule has 1 rings (SSSR count). The van der Waals surface area contributed by atoms with Gasteiger partial charge in [0.1, 0.15) is 0 Å². The van der Waals surface area contributed by atoms with Crippen molar-refractivity contribution in [2.75, 3.05) is 11.9 Å². The Morgan fingerprint density at radius 3 is 2.25 bits per heavy atom. The Labute approximate surface area is 163 Å². The van der Waals surface area contributed by atoms with Crippen molar-refractivity contribution in [3.63, 3.8) is 0 Å². The van der Waals surface area contributed by atoms with Gasteiger partial charge in [-0.15, -0.1) is 24.0 Å². The highest BCUT2D eigenvalue weighted by atomic mass is 127. The number of carbonyl (C=O) groups is 1. The number of anilines is 1. The number of nitrogens with one attached hydrogen (secondary N) is 3. The summed E-state index contributed by atoms with van der Waals surface area (Å²) in [4.78, 5) is 16.3. The third-order valence-corrected chi connectivity index (χ3v) is 3.51. The molecular formula is C18H31IN4O. The Morgan fingerprint density at radius 2 is 1.75 bits per heavy atom. The maximum absolute atomic E-state index is 11.7. The average Bonchev–Trinajstić information content (AvgIpc) is 2.53. The van der Waals surface area contributed by atoms with Crippen LogP contribution in [0.15, 0.2) is 29.3 Å². The van der Waals surface area contributed by atoms with E-state index in [2.05, 4.69) is 41.7 Å². The largest absolute Gasteiger partial charge is 0.357 e. The molecule has 0 aliphatic carbocycles. The zero-order chi connectivity index (χ0) is 17.2. The van der Waals surface area contributed by atoms with E-state index >= 15 is 0 Å². The second-order valence-corrected chi connectivity index (χ2v) is 5.99. The van der Waals surface area contributed by atoms with E-state index in [-0.39, 0.29) is 35.8 Å². The van der Waals surface area contributed by atoms with Crippen LogP contribution in [0.2, 0.25) is 0 Å². The zero-order valence-electron chi connectivity index (χ0n) is 15.3. The molecule has 0 saturated carbocycles. The van der Waals surface area contributed by atoms with Crippen molar-refractivity contribution in [2.45, 2.75) is 53.6 Å². The number of carbonyl (C=O) groups excluding carboxylic acids is 1. The molecule has 1 unspecified atom stereocenters. The van der Waals surface area contributed by atoms with Crippen LogP contribution < -0.4 is 16.0 Å². The zero-order valence-corrected chi connectivity index (χ0v) is 17.7. The fourth-order valence-corrected chi connectivity index (χ4v) is 1.81. The predicted molar refractivity (Wildman–Crippen MR) is 113 cm³/mol. The topological polar surface area (TPSA) is 65.5 Å². The van der Waals surface area contributed by atoms with Gasteiger partial charge in [-0.3, -0.25) is 4.79 Å². The predicted octanol–water partition coefficient (Wildman–Crippen LogP) is 3.75. The molecule has 0 saturated heterocycles. The molecule has 5 nitrogen and oxygen atoms in total. The van der Waals surface area contributed by atoms with Crippen LogP contribution in [0.5, 0.6) is 0 Å². The van der Waals surface area contributed by atoms with E-state index < -0.39 is 0 Å². The van der Waals surface area contributed by atoms with Crippen LogP contribution in [0.4, 0.5) is 5.69 Å². The van der Waals surface area contributed by atoms with E-state index in [1.807, 2.05) is 38.1 Å². The fourth-order valence-electron chi connectivity index (χ4n) is 1.81. The number of rotatable bonds is 7. The molecule has 1 atom stereocenters. The van der Waals surface area contributed by atoms with Gasteiger partial charge in [0, 0.05) is 24.2 Å². The molecule has 24 heavy (non-hydrogen) atoms. The summed E-state index contributed by atoms with van der Waals surface area (Å²) < 4.78 is 0. The highest BCUT2D eigenvalue weighted by molar-refractivity contribution is 14.0. The van der Waals surface area contributed by atoms with E-state index in [1.165, 1.54) is 0 Å². The summed E-state index contributed by atoms with van der Waals surface area (Å²) >= 11 is 0. The maximum atomic E-state index is 11.7. The lowest BCUT2D eigenvalue weighted by Gasteiger charge is -2.16. The number of hydrogen-bond donors (Lipinski definition) is 3. The van der Waals surface area contributed by atoms with Crippen LogP contribution in [-0.4, -0.2) is 24.5 Å². The second kappa shape index (κ2) is 12.1. The summed E-state index contributed by atoms with van der Waals surface area (Å²) in [5, 5.41) is 9.51. The van der Waals surface area contributed by atoms with Crippen LogP contribution in [-0.2, 0) is 11.3 Å². The minimum Gasteiger partial charge on any atom is -0.357 e. The first-order valence-corrected chi connectivity index (χ1v) is 8.40. The summed E-state index contributed by atoms with van der Waals surface area (Å²) in [5.74, 6) is 0.843. The monoisotopic (exact) mass is 446 g/mol. The number of guanidine groups is 1. The molecule has 3 N–H and O–H groups in total. The van der Waals surface area contributed by atoms with Crippen molar-refractivity contribution in [1.82, 2.24) is 10.6 Å². The second-order valence-electron chi connectivity index (χ2n) is 5.99. The minimum absolute atomic E-state index is 0. The van der Waals surface area contributed by atoms with E-state index in [0.717, 1.165) is 30.2 Å². The Kier molecular flexibility index (Phi) is 11.4. The molecule has 1 amide bonds. The number of amides is 1. The number of hydrogen-bond acceptors (Lipinski definition) is 2. The molecule has 6 heteroatoms. The molecule has 0 radical (unpaired) electrons. The van der Waals surface area contributed by atoms with Gasteiger partial charge in [0.05, 0.1) is 6.54 Å². The summed E-state index contributed by atoms with van der Waals surface area (Å²) in [7, 11) is 0. The minimum atomic E-state index is -0.0198. The standard InChI is InChI=1S/C18H30N4O.HI/c1-6-14(5)21-18(19-7-2)20-12-15-8-10-16(11-9-15)22-17(23)13(3)4;/h8-11,13-14H,6-7,12H2,1-5H3,(H,22,23)(H2,19,20,21);1H. The average molecular weight is 446 g/mol. The SMILES string of the molecule is CCNC(=NCc1ccc(NC(=O)C(C)C)cc1)NC(C)CC.I. The Bertz CT molecular complexity index is 514. The van der Waals surface area contributed by atoms with Crippen molar-refractivity contribution in [2.24, 2.45) is 10.9 Å². The highest BCUT2D eigenvalue weighted by Gasteiger charge is 2.07. The van der Waals surface area contributed by atoms with Gasteiger partial charge in [0.2, 0.25) is 5.91 Å². The normalized spacial score (nSPS) is 12.3. The van der Waals surface area contributed by atoms with Gasteiger partial charge in [-0.1, -0.05) is 32.9 Å². The molecule has 0 heterocycles. The Hall–Kier alpha value is -1.31. The van der Waals surface area contributed by atoms with E-state index in [4.69, 9.17) is 0 Å². The van der Waals surface area contributed by atoms with Crippen LogP contribution >= 0.6 is 24.0 Å². The molecule has 0 fully saturated rings. The van der Waals surface area contributed by atoms with Crippen molar-refractivity contribution >= 4 is 41.5 Å². The van der Waals surface area contributed by atoms with Gasteiger partial charge in [0.15, 0.2) is 5.96 Å². The Morgan fingerprint density at radius 1 is 1.12 bits per heavy atom. The lowest BCUT2D eigenvalue weighted by molar-refractivity contribution is -0.118. The lowest BCUT2D eigenvalue weighted by Crippen LogP contribution is -2.41. The van der Waals surface area contributed by atoms with Crippen LogP contribution in [0.3, 0.4) is 0 Å². The van der Waals surface area contributed by atoms with Crippen LogP contribution in [0.25, 0.3) is 0 Å². The molecule has 136 valence electrons. The van der Waals surface area contributed by atoms with Crippen molar-refractivity contribution in [3.8, 4) is 0 Å². The molecule has 1 aromatic rings. The van der Waals surface area contributed by atoms with Crippen molar-refractivity contribution in [3.05, 3.63) is 29.8 Å². The fraction of sp³-hybridized carbons (Fsp3) is 0.556. The molecule has 0 bridgehead atoms. The number of benzene rings is 1. The van der Waals surface area contributed by atoms with Gasteiger partial charge in [-0.25, -0.2) is 4.99 Å². The lowest BCUT2D eigenvalue weighted by atomic mass is 10.1. The summed E-state index contributed by atoms with van der Waals surface area (Å²) in [6.45, 7) is 11.5. The molecular weight excluding hydrogens is 415 g/mol. The Balaban J connectivity index is 0.00000529. The summed E-state index contributed by atoms with van der Waals surface area (Å²) in [6, 6.07) is 8.21. The quantitative estimate of drug-likeness (QED) is 0.340. The van der Waals surface area contributed by atoms with Crippen LogP contribution in [0.1, 0.15) is 46.6 Å². The van der Waals surface area contributed by atoms with E-state index in [0.29, 0.717) is 12.6 Å². The number of nitrogens with zero attached hydrogens (tertiary/aromatic N) is 1. The summed E-state index contributed by atoms with van der Waals surface area (Å²) in [6.07, 6.45) is 1.05. The van der Waals surface area contributed by atoms with Gasteiger partial charge in [-0.2, -0.15) is 0 Å². The summed E-state index contributed by atoms with van der Waals surface area (Å²) in [5.41, 5.74) is 1.93. The number of aliphatic imine (C=N–C) groups is 1. The maximum Gasteiger partial charge on any atom is 0.226 e. The molecule has 0 aromatic heterocycles. The first-order valence-electron chi connectivity index (χ1n) is 8.40. The van der Waals surface area contributed by atoms with Crippen LogP contribution in [0, 0.1) is 5.92 Å².